The first kappa shape index (κ1) is 10.5. The van der Waals surface area contributed by atoms with Crippen molar-refractivity contribution >= 4 is 5.82 Å². The molecule has 2 rings (SSSR count). The quantitative estimate of drug-likeness (QED) is 0.736. The summed E-state index contributed by atoms with van der Waals surface area (Å²) in [5.41, 5.74) is 1.32. The molecule has 1 aliphatic rings. The van der Waals surface area contributed by atoms with Crippen LogP contribution >= 0.6 is 0 Å². The number of pyridine rings is 1. The normalized spacial score (nSPS) is 21.3. The zero-order valence-electron chi connectivity index (χ0n) is 9.90. The SMILES string of the molecule is CC(C)c1ccc(N2CC[C@@H](C)C2)nc1. The number of aromatic nitrogens is 1. The fourth-order valence-corrected chi connectivity index (χ4v) is 2.07. The van der Waals surface area contributed by atoms with Gasteiger partial charge in [-0.25, -0.2) is 4.98 Å². The molecule has 15 heavy (non-hydrogen) atoms. The molecule has 1 aromatic heterocycles. The molecule has 0 saturated carbocycles. The van der Waals surface area contributed by atoms with Gasteiger partial charge in [0.2, 0.25) is 0 Å². The monoisotopic (exact) mass is 204 g/mol. The summed E-state index contributed by atoms with van der Waals surface area (Å²) in [7, 11) is 0. The van der Waals surface area contributed by atoms with Crippen LogP contribution in [0.1, 0.15) is 38.7 Å². The first-order valence-electron chi connectivity index (χ1n) is 5.87. The van der Waals surface area contributed by atoms with Gasteiger partial charge in [0.1, 0.15) is 5.82 Å². The fraction of sp³-hybridized carbons (Fsp3) is 0.615. The van der Waals surface area contributed by atoms with Crippen molar-refractivity contribution in [2.24, 2.45) is 5.92 Å². The molecule has 0 radical (unpaired) electrons. The van der Waals surface area contributed by atoms with Crippen molar-refractivity contribution in [3.05, 3.63) is 23.9 Å². The summed E-state index contributed by atoms with van der Waals surface area (Å²) in [5, 5.41) is 0. The lowest BCUT2D eigenvalue weighted by molar-refractivity contribution is 0.659. The minimum atomic E-state index is 0.573. The van der Waals surface area contributed by atoms with Gasteiger partial charge in [-0.3, -0.25) is 0 Å². The summed E-state index contributed by atoms with van der Waals surface area (Å²) in [6.07, 6.45) is 3.32. The van der Waals surface area contributed by atoms with Crippen LogP contribution in [-0.4, -0.2) is 18.1 Å². The molecule has 82 valence electrons. The topological polar surface area (TPSA) is 16.1 Å². The van der Waals surface area contributed by atoms with Gasteiger partial charge in [-0.2, -0.15) is 0 Å². The number of rotatable bonds is 2. The van der Waals surface area contributed by atoms with Crippen LogP contribution in [0.2, 0.25) is 0 Å². The van der Waals surface area contributed by atoms with Gasteiger partial charge in [-0.15, -0.1) is 0 Å². The summed E-state index contributed by atoms with van der Waals surface area (Å²) < 4.78 is 0. The third kappa shape index (κ3) is 2.31. The number of nitrogens with zero attached hydrogens (tertiary/aromatic N) is 2. The lowest BCUT2D eigenvalue weighted by Gasteiger charge is -2.17. The lowest BCUT2D eigenvalue weighted by Crippen LogP contribution is -2.20. The smallest absolute Gasteiger partial charge is 0.128 e. The van der Waals surface area contributed by atoms with E-state index in [1.807, 2.05) is 6.20 Å². The largest absolute Gasteiger partial charge is 0.356 e. The maximum atomic E-state index is 4.54. The highest BCUT2D eigenvalue weighted by Gasteiger charge is 2.19. The van der Waals surface area contributed by atoms with E-state index in [-0.39, 0.29) is 0 Å². The van der Waals surface area contributed by atoms with Crippen LogP contribution in [-0.2, 0) is 0 Å². The Morgan fingerprint density at radius 2 is 2.20 bits per heavy atom. The summed E-state index contributed by atoms with van der Waals surface area (Å²) in [6, 6.07) is 4.36. The van der Waals surface area contributed by atoms with E-state index in [0.717, 1.165) is 24.8 Å². The van der Waals surface area contributed by atoms with Crippen LogP contribution in [0.4, 0.5) is 5.82 Å². The third-order valence-electron chi connectivity index (χ3n) is 3.19. The molecule has 0 N–H and O–H groups in total. The van der Waals surface area contributed by atoms with Crippen LogP contribution in [0.25, 0.3) is 0 Å². The van der Waals surface area contributed by atoms with Crippen LogP contribution in [0.3, 0.4) is 0 Å². The van der Waals surface area contributed by atoms with Crippen LogP contribution < -0.4 is 4.90 Å². The Hall–Kier alpha value is -1.05. The average Bonchev–Trinajstić information content (AvgIpc) is 2.65. The highest BCUT2D eigenvalue weighted by atomic mass is 15.2. The molecule has 2 nitrogen and oxygen atoms in total. The molecular weight excluding hydrogens is 184 g/mol. The molecule has 1 fully saturated rings. The molecule has 0 bridgehead atoms. The molecule has 0 spiro atoms. The van der Waals surface area contributed by atoms with E-state index >= 15 is 0 Å². The van der Waals surface area contributed by atoms with E-state index in [9.17, 15) is 0 Å². The van der Waals surface area contributed by atoms with Gasteiger partial charge in [0.25, 0.3) is 0 Å². The second-order valence-corrected chi connectivity index (χ2v) is 4.94. The van der Waals surface area contributed by atoms with E-state index in [0.29, 0.717) is 5.92 Å². The Labute approximate surface area is 92.3 Å². The second kappa shape index (κ2) is 4.21. The van der Waals surface area contributed by atoms with Gasteiger partial charge in [0, 0.05) is 19.3 Å². The molecule has 0 aromatic carbocycles. The summed E-state index contributed by atoms with van der Waals surface area (Å²) in [6.45, 7) is 9.04. The molecule has 0 unspecified atom stereocenters. The Balaban J connectivity index is 2.10. The van der Waals surface area contributed by atoms with Gasteiger partial charge in [0.15, 0.2) is 0 Å². The van der Waals surface area contributed by atoms with E-state index in [2.05, 4.69) is 42.8 Å². The molecule has 2 heterocycles. The number of hydrogen-bond acceptors (Lipinski definition) is 2. The highest BCUT2D eigenvalue weighted by Crippen LogP contribution is 2.22. The van der Waals surface area contributed by atoms with Crippen molar-refractivity contribution in [2.45, 2.75) is 33.1 Å². The van der Waals surface area contributed by atoms with Crippen molar-refractivity contribution < 1.29 is 0 Å². The Kier molecular flexibility index (Phi) is 2.94. The standard InChI is InChI=1S/C13H20N2/c1-10(2)12-4-5-13(14-8-12)15-7-6-11(3)9-15/h4-5,8,10-11H,6-7,9H2,1-3H3/t11-/m1/s1. The van der Waals surface area contributed by atoms with E-state index < -0.39 is 0 Å². The zero-order valence-corrected chi connectivity index (χ0v) is 9.90. The first-order chi connectivity index (χ1) is 7.16. The molecule has 1 atom stereocenters. The number of anilines is 1. The average molecular weight is 204 g/mol. The Bertz CT molecular complexity index is 316. The highest BCUT2D eigenvalue weighted by molar-refractivity contribution is 5.40. The van der Waals surface area contributed by atoms with Crippen molar-refractivity contribution in [3.63, 3.8) is 0 Å². The second-order valence-electron chi connectivity index (χ2n) is 4.94. The van der Waals surface area contributed by atoms with E-state index in [1.54, 1.807) is 0 Å². The molecule has 2 heteroatoms. The summed E-state index contributed by atoms with van der Waals surface area (Å²) in [5.74, 6) is 2.53. The van der Waals surface area contributed by atoms with Gasteiger partial charge in [-0.1, -0.05) is 26.8 Å². The van der Waals surface area contributed by atoms with Crippen LogP contribution in [0.15, 0.2) is 18.3 Å². The van der Waals surface area contributed by atoms with Crippen molar-refractivity contribution in [1.82, 2.24) is 4.98 Å². The predicted molar refractivity (Wildman–Crippen MR) is 64.3 cm³/mol. The van der Waals surface area contributed by atoms with E-state index in [1.165, 1.54) is 12.0 Å². The van der Waals surface area contributed by atoms with Crippen molar-refractivity contribution in [3.8, 4) is 0 Å². The molecule has 1 saturated heterocycles. The molecule has 1 aromatic rings. The Morgan fingerprint density at radius 3 is 2.67 bits per heavy atom. The maximum Gasteiger partial charge on any atom is 0.128 e. The first-order valence-corrected chi connectivity index (χ1v) is 5.87. The minimum absolute atomic E-state index is 0.573. The predicted octanol–water partition coefficient (Wildman–Crippen LogP) is 3.05. The molecular formula is C13H20N2. The fourth-order valence-electron chi connectivity index (χ4n) is 2.07. The van der Waals surface area contributed by atoms with Crippen LogP contribution in [0.5, 0.6) is 0 Å². The summed E-state index contributed by atoms with van der Waals surface area (Å²) in [4.78, 5) is 6.93. The zero-order chi connectivity index (χ0) is 10.8. The third-order valence-corrected chi connectivity index (χ3v) is 3.19. The Morgan fingerprint density at radius 1 is 1.40 bits per heavy atom. The van der Waals surface area contributed by atoms with Gasteiger partial charge in [-0.05, 0) is 29.9 Å². The maximum absolute atomic E-state index is 4.54. The lowest BCUT2D eigenvalue weighted by atomic mass is 10.1. The summed E-state index contributed by atoms with van der Waals surface area (Å²) >= 11 is 0. The van der Waals surface area contributed by atoms with Crippen molar-refractivity contribution in [1.29, 1.82) is 0 Å². The van der Waals surface area contributed by atoms with Crippen molar-refractivity contribution in [2.75, 3.05) is 18.0 Å². The molecule has 0 aliphatic carbocycles. The molecule has 0 amide bonds. The van der Waals surface area contributed by atoms with Gasteiger partial charge in [0.05, 0.1) is 0 Å². The minimum Gasteiger partial charge on any atom is -0.356 e. The van der Waals surface area contributed by atoms with Gasteiger partial charge < -0.3 is 4.90 Å². The number of hydrogen-bond donors (Lipinski definition) is 0. The van der Waals surface area contributed by atoms with Gasteiger partial charge >= 0.3 is 0 Å². The molecule has 1 aliphatic heterocycles. The van der Waals surface area contributed by atoms with Crippen LogP contribution in [0, 0.1) is 5.92 Å². The van der Waals surface area contributed by atoms with E-state index in [4.69, 9.17) is 0 Å².